The second-order valence-electron chi connectivity index (χ2n) is 1.88. The van der Waals surface area contributed by atoms with Crippen LogP contribution < -0.4 is 51.4 Å². The van der Waals surface area contributed by atoms with Crippen LogP contribution in [0.4, 0.5) is 0 Å². The SMILES string of the molecule is CCCCCO.O=S(=O)(O)O.[H-].[K+]. The fraction of sp³-hybridized carbons (Fsp3) is 1.00. The van der Waals surface area contributed by atoms with Gasteiger partial charge in [-0.05, 0) is 6.42 Å². The van der Waals surface area contributed by atoms with Gasteiger partial charge < -0.3 is 6.53 Å². The molecule has 0 saturated heterocycles. The zero-order valence-electron chi connectivity index (χ0n) is 8.39. The first-order valence-corrected chi connectivity index (χ1v) is 4.62. The van der Waals surface area contributed by atoms with Crippen molar-refractivity contribution in [3.63, 3.8) is 0 Å². The van der Waals surface area contributed by atoms with Gasteiger partial charge in [-0.25, -0.2) is 0 Å². The molecule has 7 heteroatoms. The average Bonchev–Trinajstić information content (AvgIpc) is 1.79. The van der Waals surface area contributed by atoms with Crippen LogP contribution in [0.1, 0.15) is 27.6 Å². The maximum atomic E-state index is 8.74. The molecule has 0 rings (SSSR count). The summed E-state index contributed by atoms with van der Waals surface area (Å²) < 4.78 is 31.6. The van der Waals surface area contributed by atoms with E-state index >= 15 is 0 Å². The second kappa shape index (κ2) is 12.5. The molecule has 0 aliphatic carbocycles. The van der Waals surface area contributed by atoms with Crippen LogP contribution in [0, 0.1) is 0 Å². The number of hydrogen-bond acceptors (Lipinski definition) is 3. The Kier molecular flexibility index (Phi) is 19.8. The molecule has 3 N–H and O–H groups in total. The number of aliphatic hydroxyl groups excluding tert-OH is 1. The summed E-state index contributed by atoms with van der Waals surface area (Å²) in [4.78, 5) is 0. The Morgan fingerprint density at radius 3 is 1.67 bits per heavy atom. The smallest absolute Gasteiger partial charge is 1.00 e. The number of unbranched alkanes of at least 4 members (excludes halogenated alkanes) is 2. The molecule has 0 atom stereocenters. The van der Waals surface area contributed by atoms with Crippen molar-refractivity contribution in [3.8, 4) is 0 Å². The molecule has 0 aromatic rings. The molecule has 12 heavy (non-hydrogen) atoms. The van der Waals surface area contributed by atoms with Crippen molar-refractivity contribution in [1.82, 2.24) is 0 Å². The van der Waals surface area contributed by atoms with Crippen LogP contribution in [-0.2, 0) is 10.4 Å². The van der Waals surface area contributed by atoms with Crippen molar-refractivity contribution >= 4 is 10.4 Å². The average molecular weight is 226 g/mol. The summed E-state index contributed by atoms with van der Waals surface area (Å²) in [6.45, 7) is 2.48. The molecule has 0 aliphatic rings. The van der Waals surface area contributed by atoms with Crippen LogP contribution in [0.3, 0.4) is 0 Å². The maximum Gasteiger partial charge on any atom is 1.00 e. The minimum Gasteiger partial charge on any atom is -1.00 e. The summed E-state index contributed by atoms with van der Waals surface area (Å²) >= 11 is 0. The Hall–Kier alpha value is 1.47. The van der Waals surface area contributed by atoms with E-state index in [0.717, 1.165) is 12.8 Å². The molecule has 0 radical (unpaired) electrons. The Bertz CT molecular complexity index is 148. The Labute approximate surface area is 117 Å². The normalized spacial score (nSPS) is 9.33. The van der Waals surface area contributed by atoms with Crippen molar-refractivity contribution in [2.45, 2.75) is 26.2 Å². The predicted octanol–water partition coefficient (Wildman–Crippen LogP) is -2.37. The molecular weight excluding hydrogens is 211 g/mol. The van der Waals surface area contributed by atoms with Crippen LogP contribution in [0.25, 0.3) is 0 Å². The molecule has 5 nitrogen and oxygen atoms in total. The van der Waals surface area contributed by atoms with E-state index in [2.05, 4.69) is 6.92 Å². The summed E-state index contributed by atoms with van der Waals surface area (Å²) in [5, 5.41) is 8.20. The largest absolute Gasteiger partial charge is 1.00 e. The third-order valence-electron chi connectivity index (χ3n) is 0.762. The van der Waals surface area contributed by atoms with Gasteiger partial charge in [0.05, 0.1) is 0 Å². The van der Waals surface area contributed by atoms with E-state index in [0.29, 0.717) is 6.61 Å². The number of rotatable bonds is 3. The molecule has 0 saturated carbocycles. The van der Waals surface area contributed by atoms with Crippen LogP contribution in [0.15, 0.2) is 0 Å². The van der Waals surface area contributed by atoms with E-state index in [9.17, 15) is 0 Å². The van der Waals surface area contributed by atoms with Crippen molar-refractivity contribution in [1.29, 1.82) is 0 Å². The predicted molar refractivity (Wildman–Crippen MR) is 41.9 cm³/mol. The summed E-state index contributed by atoms with van der Waals surface area (Å²) in [6.07, 6.45) is 3.33. The van der Waals surface area contributed by atoms with Crippen molar-refractivity contribution in [3.05, 3.63) is 0 Å². The molecule has 72 valence electrons. The zero-order chi connectivity index (χ0) is 9.33. The van der Waals surface area contributed by atoms with E-state index in [1.54, 1.807) is 0 Å². The topological polar surface area (TPSA) is 94.8 Å². The Morgan fingerprint density at radius 2 is 1.58 bits per heavy atom. The first-order valence-electron chi connectivity index (χ1n) is 3.22. The quantitative estimate of drug-likeness (QED) is 0.284. The van der Waals surface area contributed by atoms with Gasteiger partial charge in [-0.3, -0.25) is 9.11 Å². The fourth-order valence-electron chi connectivity index (χ4n) is 0.362. The van der Waals surface area contributed by atoms with Gasteiger partial charge in [-0.2, -0.15) is 8.42 Å². The third-order valence-corrected chi connectivity index (χ3v) is 0.762. The minimum absolute atomic E-state index is 0. The van der Waals surface area contributed by atoms with Crippen LogP contribution in [0.5, 0.6) is 0 Å². The first-order chi connectivity index (χ1) is 4.91. The molecule has 0 aromatic carbocycles. The fourth-order valence-corrected chi connectivity index (χ4v) is 0.362. The van der Waals surface area contributed by atoms with Crippen LogP contribution in [-0.4, -0.2) is 29.2 Å². The molecule has 0 heterocycles. The monoisotopic (exact) mass is 226 g/mol. The van der Waals surface area contributed by atoms with Crippen LogP contribution >= 0.6 is 0 Å². The maximum absolute atomic E-state index is 8.74. The third kappa shape index (κ3) is 63.0. The van der Waals surface area contributed by atoms with E-state index in [-0.39, 0.29) is 52.8 Å². The van der Waals surface area contributed by atoms with E-state index in [1.165, 1.54) is 6.42 Å². The summed E-state index contributed by atoms with van der Waals surface area (Å²) in [5.41, 5.74) is 0. The van der Waals surface area contributed by atoms with Gasteiger partial charge in [-0.15, -0.1) is 0 Å². The van der Waals surface area contributed by atoms with Gasteiger partial charge in [0.15, 0.2) is 0 Å². The molecule has 0 aliphatic heterocycles. The van der Waals surface area contributed by atoms with Gasteiger partial charge in [0.1, 0.15) is 0 Å². The molecule has 0 fully saturated rings. The van der Waals surface area contributed by atoms with Gasteiger partial charge in [0.25, 0.3) is 0 Å². The molecule has 0 aromatic heterocycles. The zero-order valence-corrected chi connectivity index (χ0v) is 11.3. The molecule has 0 amide bonds. The van der Waals surface area contributed by atoms with Gasteiger partial charge in [0, 0.05) is 6.61 Å². The van der Waals surface area contributed by atoms with Gasteiger partial charge in [0.2, 0.25) is 0 Å². The molecule has 0 spiro atoms. The molecule has 0 bridgehead atoms. The number of hydrogen-bond donors (Lipinski definition) is 3. The summed E-state index contributed by atoms with van der Waals surface area (Å²) in [5.74, 6) is 0. The second-order valence-corrected chi connectivity index (χ2v) is 2.77. The van der Waals surface area contributed by atoms with Crippen molar-refractivity contribution in [2.24, 2.45) is 0 Å². The van der Waals surface area contributed by atoms with Crippen molar-refractivity contribution in [2.75, 3.05) is 6.61 Å². The Morgan fingerprint density at radius 1 is 1.25 bits per heavy atom. The van der Waals surface area contributed by atoms with Crippen molar-refractivity contribution < 1.29 is 75.4 Å². The van der Waals surface area contributed by atoms with Gasteiger partial charge in [-0.1, -0.05) is 19.8 Å². The standard InChI is InChI=1S/C5H12O.K.H2O4S.H/c1-2-3-4-5-6;;1-5(2,3)4;/h6H,2-5H2,1H3;;(H2,1,2,3,4);/q;+1;;-1. The summed E-state index contributed by atoms with van der Waals surface area (Å²) in [7, 11) is -4.67. The number of aliphatic hydroxyl groups is 1. The van der Waals surface area contributed by atoms with E-state index < -0.39 is 10.4 Å². The molecule has 0 unspecified atom stereocenters. The van der Waals surface area contributed by atoms with E-state index in [1.807, 2.05) is 0 Å². The van der Waals surface area contributed by atoms with Gasteiger partial charge >= 0.3 is 61.8 Å². The minimum atomic E-state index is -4.67. The molecular formula is C5H15KO5S. The van der Waals surface area contributed by atoms with E-state index in [4.69, 9.17) is 22.6 Å². The Balaban J connectivity index is -0.0000000546. The first kappa shape index (κ1) is 19.1. The van der Waals surface area contributed by atoms with Crippen LogP contribution in [0.2, 0.25) is 0 Å². The summed E-state index contributed by atoms with van der Waals surface area (Å²) in [6, 6.07) is 0.